The summed E-state index contributed by atoms with van der Waals surface area (Å²) >= 11 is 1.36. The van der Waals surface area contributed by atoms with Crippen LogP contribution in [-0.4, -0.2) is 21.2 Å². The van der Waals surface area contributed by atoms with Gasteiger partial charge >= 0.3 is 5.63 Å². The summed E-state index contributed by atoms with van der Waals surface area (Å²) < 4.78 is 7.03. The van der Waals surface area contributed by atoms with E-state index in [1.54, 1.807) is 18.3 Å². The molecule has 23 heavy (non-hydrogen) atoms. The summed E-state index contributed by atoms with van der Waals surface area (Å²) in [6, 6.07) is 6.73. The van der Waals surface area contributed by atoms with E-state index >= 15 is 0 Å². The van der Waals surface area contributed by atoms with Crippen molar-refractivity contribution >= 4 is 34.3 Å². The number of carbonyl (C=O) groups is 1. The van der Waals surface area contributed by atoms with Crippen molar-refractivity contribution in [3.63, 3.8) is 0 Å². The van der Waals surface area contributed by atoms with Gasteiger partial charge < -0.3 is 14.3 Å². The van der Waals surface area contributed by atoms with Gasteiger partial charge in [0.1, 0.15) is 5.58 Å². The standard InChI is InChI=1S/C16H15N3O3S/c1-10-7-15(21)22-13-8-11(3-4-12(10)13)18-14(20)9-23-16-17-5-6-19(16)2/h3-8H,9H2,1-2H3,(H,18,20). The minimum Gasteiger partial charge on any atom is -0.423 e. The number of anilines is 1. The molecule has 0 aliphatic rings. The fraction of sp³-hybridized carbons (Fsp3) is 0.188. The SMILES string of the molecule is Cc1cc(=O)oc2cc(NC(=O)CSc3nccn3C)ccc12. The molecule has 3 rings (SSSR count). The molecule has 6 nitrogen and oxygen atoms in total. The first kappa shape index (κ1) is 15.4. The third-order valence-electron chi connectivity index (χ3n) is 3.34. The largest absolute Gasteiger partial charge is 0.423 e. The van der Waals surface area contributed by atoms with Crippen LogP contribution in [0.2, 0.25) is 0 Å². The van der Waals surface area contributed by atoms with Crippen LogP contribution in [0.25, 0.3) is 11.0 Å². The van der Waals surface area contributed by atoms with Gasteiger partial charge in [-0.3, -0.25) is 4.79 Å². The summed E-state index contributed by atoms with van der Waals surface area (Å²) in [7, 11) is 1.88. The zero-order chi connectivity index (χ0) is 16.4. The van der Waals surface area contributed by atoms with Crippen molar-refractivity contribution in [1.29, 1.82) is 0 Å². The summed E-state index contributed by atoms with van der Waals surface area (Å²) in [5.74, 6) is 0.105. The Morgan fingerprint density at radius 1 is 1.39 bits per heavy atom. The Hall–Kier alpha value is -2.54. The Morgan fingerprint density at radius 3 is 2.96 bits per heavy atom. The summed E-state index contributed by atoms with van der Waals surface area (Å²) in [5, 5.41) is 4.43. The number of benzene rings is 1. The first-order valence-electron chi connectivity index (χ1n) is 6.97. The minimum atomic E-state index is -0.399. The number of imidazole rings is 1. The molecule has 3 aromatic rings. The van der Waals surface area contributed by atoms with Gasteiger partial charge in [0.2, 0.25) is 5.91 Å². The molecule has 0 unspecified atom stereocenters. The molecule has 0 spiro atoms. The van der Waals surface area contributed by atoms with Gasteiger partial charge in [-0.15, -0.1) is 0 Å². The van der Waals surface area contributed by atoms with E-state index in [2.05, 4.69) is 10.3 Å². The van der Waals surface area contributed by atoms with Crippen molar-refractivity contribution in [1.82, 2.24) is 9.55 Å². The molecular weight excluding hydrogens is 314 g/mol. The number of nitrogens with one attached hydrogen (secondary N) is 1. The maximum Gasteiger partial charge on any atom is 0.336 e. The molecule has 1 amide bonds. The van der Waals surface area contributed by atoms with E-state index in [1.165, 1.54) is 17.8 Å². The first-order chi connectivity index (χ1) is 11.0. The second-order valence-electron chi connectivity index (χ2n) is 5.12. The molecule has 0 aliphatic heterocycles. The lowest BCUT2D eigenvalue weighted by atomic mass is 10.1. The molecule has 0 aliphatic carbocycles. The van der Waals surface area contributed by atoms with E-state index < -0.39 is 5.63 Å². The van der Waals surface area contributed by atoms with Gasteiger partial charge in [-0.1, -0.05) is 11.8 Å². The summed E-state index contributed by atoms with van der Waals surface area (Å²) in [5.41, 5.74) is 1.50. The number of carbonyl (C=O) groups excluding carboxylic acids is 1. The average molecular weight is 329 g/mol. The van der Waals surface area contributed by atoms with Crippen LogP contribution < -0.4 is 10.9 Å². The monoisotopic (exact) mass is 329 g/mol. The van der Waals surface area contributed by atoms with Gasteiger partial charge in [-0.2, -0.15) is 0 Å². The Kier molecular flexibility index (Phi) is 4.20. The molecule has 1 N–H and O–H groups in total. The Balaban J connectivity index is 1.72. The van der Waals surface area contributed by atoms with Crippen LogP contribution in [0.15, 0.2) is 51.0 Å². The normalized spacial score (nSPS) is 10.9. The topological polar surface area (TPSA) is 77.1 Å². The fourth-order valence-electron chi connectivity index (χ4n) is 2.22. The first-order valence-corrected chi connectivity index (χ1v) is 7.96. The number of amides is 1. The number of hydrogen-bond donors (Lipinski definition) is 1. The average Bonchev–Trinajstić information content (AvgIpc) is 2.90. The number of rotatable bonds is 4. The maximum atomic E-state index is 12.0. The quantitative estimate of drug-likeness (QED) is 0.588. The van der Waals surface area contributed by atoms with E-state index in [4.69, 9.17) is 4.42 Å². The van der Waals surface area contributed by atoms with Crippen LogP contribution in [0.1, 0.15) is 5.56 Å². The number of nitrogens with zero attached hydrogens (tertiary/aromatic N) is 2. The van der Waals surface area contributed by atoms with Gasteiger partial charge in [0.15, 0.2) is 5.16 Å². The lowest BCUT2D eigenvalue weighted by molar-refractivity contribution is -0.113. The zero-order valence-corrected chi connectivity index (χ0v) is 13.5. The zero-order valence-electron chi connectivity index (χ0n) is 12.7. The lowest BCUT2D eigenvalue weighted by Crippen LogP contribution is -2.14. The van der Waals surface area contributed by atoms with Crippen molar-refractivity contribution in [2.24, 2.45) is 7.05 Å². The molecule has 0 saturated carbocycles. The van der Waals surface area contributed by atoms with E-state index in [9.17, 15) is 9.59 Å². The highest BCUT2D eigenvalue weighted by atomic mass is 32.2. The van der Waals surface area contributed by atoms with Crippen LogP contribution in [0, 0.1) is 6.92 Å². The molecule has 2 aromatic heterocycles. The minimum absolute atomic E-state index is 0.146. The highest BCUT2D eigenvalue weighted by molar-refractivity contribution is 7.99. The highest BCUT2D eigenvalue weighted by Crippen LogP contribution is 2.21. The summed E-state index contributed by atoms with van der Waals surface area (Å²) in [6.45, 7) is 1.85. The van der Waals surface area contributed by atoms with Gasteiger partial charge in [-0.05, 0) is 24.6 Å². The van der Waals surface area contributed by atoms with Crippen molar-refractivity contribution in [3.8, 4) is 0 Å². The fourth-order valence-corrected chi connectivity index (χ4v) is 2.95. The summed E-state index contributed by atoms with van der Waals surface area (Å²) in [4.78, 5) is 27.6. The van der Waals surface area contributed by atoms with Crippen molar-refractivity contribution in [3.05, 3.63) is 52.6 Å². The maximum absolute atomic E-state index is 12.0. The van der Waals surface area contributed by atoms with E-state index in [1.807, 2.05) is 30.8 Å². The van der Waals surface area contributed by atoms with E-state index in [0.29, 0.717) is 11.3 Å². The van der Waals surface area contributed by atoms with Gasteiger partial charge in [-0.25, -0.2) is 9.78 Å². The Bertz CT molecular complexity index is 930. The highest BCUT2D eigenvalue weighted by Gasteiger charge is 2.08. The van der Waals surface area contributed by atoms with Crippen LogP contribution in [-0.2, 0) is 11.8 Å². The van der Waals surface area contributed by atoms with Crippen LogP contribution >= 0.6 is 11.8 Å². The molecule has 118 valence electrons. The molecular formula is C16H15N3O3S. The van der Waals surface area contributed by atoms with Crippen molar-refractivity contribution in [2.45, 2.75) is 12.1 Å². The van der Waals surface area contributed by atoms with Crippen molar-refractivity contribution in [2.75, 3.05) is 11.1 Å². The van der Waals surface area contributed by atoms with E-state index in [-0.39, 0.29) is 11.7 Å². The Morgan fingerprint density at radius 2 is 2.22 bits per heavy atom. The molecule has 0 atom stereocenters. The molecule has 7 heteroatoms. The number of fused-ring (bicyclic) bond motifs is 1. The van der Waals surface area contributed by atoms with Gasteiger partial charge in [0.25, 0.3) is 0 Å². The molecule has 0 bridgehead atoms. The predicted molar refractivity (Wildman–Crippen MR) is 89.8 cm³/mol. The second kappa shape index (κ2) is 6.29. The number of aryl methyl sites for hydroxylation is 2. The van der Waals surface area contributed by atoms with Gasteiger partial charge in [0.05, 0.1) is 5.75 Å². The lowest BCUT2D eigenvalue weighted by Gasteiger charge is -2.07. The predicted octanol–water partition coefficient (Wildman–Crippen LogP) is 2.57. The van der Waals surface area contributed by atoms with Gasteiger partial charge in [0, 0.05) is 42.6 Å². The van der Waals surface area contributed by atoms with Crippen LogP contribution in [0.5, 0.6) is 0 Å². The molecule has 2 heterocycles. The smallest absolute Gasteiger partial charge is 0.336 e. The molecule has 0 fully saturated rings. The summed E-state index contributed by atoms with van der Waals surface area (Å²) in [6.07, 6.45) is 3.52. The van der Waals surface area contributed by atoms with E-state index in [0.717, 1.165) is 16.1 Å². The third-order valence-corrected chi connectivity index (χ3v) is 4.40. The van der Waals surface area contributed by atoms with Crippen LogP contribution in [0.3, 0.4) is 0 Å². The number of hydrogen-bond acceptors (Lipinski definition) is 5. The molecule has 0 saturated heterocycles. The third kappa shape index (κ3) is 3.45. The Labute approximate surface area is 136 Å². The van der Waals surface area contributed by atoms with Crippen molar-refractivity contribution < 1.29 is 9.21 Å². The molecule has 0 radical (unpaired) electrons. The number of thioether (sulfide) groups is 1. The molecule has 1 aromatic carbocycles. The second-order valence-corrected chi connectivity index (χ2v) is 6.06. The van der Waals surface area contributed by atoms with Crippen LogP contribution in [0.4, 0.5) is 5.69 Å². The number of aromatic nitrogens is 2.